The summed E-state index contributed by atoms with van der Waals surface area (Å²) in [5.74, 6) is 0.586. The van der Waals surface area contributed by atoms with Crippen LogP contribution in [0.1, 0.15) is 12.8 Å². The maximum Gasteiger partial charge on any atom is 0.346 e. The molecule has 0 unspecified atom stereocenters. The summed E-state index contributed by atoms with van der Waals surface area (Å²) >= 11 is 7.53. The van der Waals surface area contributed by atoms with Crippen molar-refractivity contribution in [2.45, 2.75) is 12.8 Å². The number of thiazole rings is 1. The number of halogens is 1. The summed E-state index contributed by atoms with van der Waals surface area (Å²) < 4.78 is 1.74. The van der Waals surface area contributed by atoms with Gasteiger partial charge in [-0.3, -0.25) is 4.57 Å². The van der Waals surface area contributed by atoms with Gasteiger partial charge in [0.05, 0.1) is 5.02 Å². The molecule has 3 heterocycles. The Morgan fingerprint density at radius 1 is 1.40 bits per heavy atom. The van der Waals surface area contributed by atoms with Gasteiger partial charge >= 0.3 is 6.03 Å². The summed E-state index contributed by atoms with van der Waals surface area (Å²) in [7, 11) is 0. The second kappa shape index (κ2) is 5.76. The molecule has 0 atom stereocenters. The molecule has 1 aliphatic rings. The summed E-state index contributed by atoms with van der Waals surface area (Å²) in [6.07, 6.45) is 5.59. The van der Waals surface area contributed by atoms with Crippen molar-refractivity contribution in [3.05, 3.63) is 39.7 Å². The minimum Gasteiger partial charge on any atom is -0.323 e. The quantitative estimate of drug-likeness (QED) is 0.813. The summed E-state index contributed by atoms with van der Waals surface area (Å²) in [6.45, 7) is 1.58. The summed E-state index contributed by atoms with van der Waals surface area (Å²) in [4.78, 5) is 22.9. The first kappa shape index (κ1) is 13.3. The van der Waals surface area contributed by atoms with Crippen molar-refractivity contribution in [1.82, 2.24) is 14.5 Å². The molecule has 5 nitrogen and oxygen atoms in total. The fraction of sp³-hybridized carbons (Fsp3) is 0.308. The Morgan fingerprint density at radius 3 is 2.95 bits per heavy atom. The summed E-state index contributed by atoms with van der Waals surface area (Å²) in [6, 6.07) is 3.34. The number of aromatic nitrogens is 2. The molecule has 1 saturated heterocycles. The van der Waals surface area contributed by atoms with Gasteiger partial charge in [-0.25, -0.2) is 9.78 Å². The largest absolute Gasteiger partial charge is 0.346 e. The average molecular weight is 309 g/mol. The van der Waals surface area contributed by atoms with Crippen molar-refractivity contribution in [3.8, 4) is 5.82 Å². The maximum atomic E-state index is 12.1. The third kappa shape index (κ3) is 2.62. The van der Waals surface area contributed by atoms with Crippen LogP contribution in [0.25, 0.3) is 5.82 Å². The fourth-order valence-corrected chi connectivity index (χ4v) is 3.04. The number of hydrogen-bond donors (Lipinski definition) is 0. The Hall–Kier alpha value is -1.66. The molecule has 1 fully saturated rings. The molecule has 0 N–H and O–H groups in total. The molecule has 20 heavy (non-hydrogen) atoms. The third-order valence-corrected chi connectivity index (χ3v) is 4.18. The van der Waals surface area contributed by atoms with Crippen molar-refractivity contribution >= 4 is 29.0 Å². The lowest BCUT2D eigenvalue weighted by Crippen LogP contribution is -2.27. The van der Waals surface area contributed by atoms with Crippen LogP contribution in [0.3, 0.4) is 0 Å². The Morgan fingerprint density at radius 2 is 2.20 bits per heavy atom. The molecular weight excluding hydrogens is 296 g/mol. The van der Waals surface area contributed by atoms with Crippen molar-refractivity contribution in [1.29, 1.82) is 0 Å². The SMILES string of the molecule is O=C(N=c1sccn1-c1ncccc1Cl)N1CCCC1. The molecule has 0 aliphatic carbocycles. The predicted molar refractivity (Wildman–Crippen MR) is 78.2 cm³/mol. The molecule has 0 saturated carbocycles. The van der Waals surface area contributed by atoms with E-state index in [2.05, 4.69) is 9.98 Å². The first-order valence-electron chi connectivity index (χ1n) is 6.36. The monoisotopic (exact) mass is 308 g/mol. The first-order valence-corrected chi connectivity index (χ1v) is 7.62. The maximum absolute atomic E-state index is 12.1. The van der Waals surface area contributed by atoms with Crippen LogP contribution in [-0.2, 0) is 0 Å². The van der Waals surface area contributed by atoms with Gasteiger partial charge in [-0.05, 0) is 25.0 Å². The van der Waals surface area contributed by atoms with Crippen LogP contribution in [0.15, 0.2) is 34.9 Å². The average Bonchev–Trinajstić information content (AvgIpc) is 3.10. The van der Waals surface area contributed by atoms with E-state index < -0.39 is 0 Å². The highest BCUT2D eigenvalue weighted by Crippen LogP contribution is 2.16. The van der Waals surface area contributed by atoms with E-state index >= 15 is 0 Å². The van der Waals surface area contributed by atoms with Gasteiger partial charge in [-0.1, -0.05) is 11.6 Å². The minimum absolute atomic E-state index is 0.189. The van der Waals surface area contributed by atoms with E-state index in [1.54, 1.807) is 27.8 Å². The summed E-state index contributed by atoms with van der Waals surface area (Å²) in [5, 5.41) is 2.39. The minimum atomic E-state index is -0.189. The molecule has 2 aromatic heterocycles. The first-order chi connectivity index (χ1) is 9.75. The molecule has 104 valence electrons. The zero-order chi connectivity index (χ0) is 13.9. The molecule has 0 radical (unpaired) electrons. The van der Waals surface area contributed by atoms with E-state index in [9.17, 15) is 4.79 Å². The van der Waals surface area contributed by atoms with Crippen LogP contribution in [0, 0.1) is 0 Å². The van der Waals surface area contributed by atoms with Gasteiger partial charge in [0.1, 0.15) is 0 Å². The lowest BCUT2D eigenvalue weighted by atomic mass is 10.4. The van der Waals surface area contributed by atoms with E-state index in [0.29, 0.717) is 15.6 Å². The molecule has 0 bridgehead atoms. The third-order valence-electron chi connectivity index (χ3n) is 3.12. The fourth-order valence-electron chi connectivity index (χ4n) is 2.13. The number of carbonyl (C=O) groups is 1. The molecule has 1 aliphatic heterocycles. The van der Waals surface area contributed by atoms with E-state index in [1.807, 2.05) is 11.6 Å². The zero-order valence-corrected chi connectivity index (χ0v) is 12.3. The Bertz CT molecular complexity index is 687. The standard InChI is InChI=1S/C13H13ClN4OS/c14-10-4-3-5-15-11(10)18-8-9-20-13(18)16-12(19)17-6-1-2-7-17/h3-5,8-9H,1-2,6-7H2. The highest BCUT2D eigenvalue weighted by Gasteiger charge is 2.17. The van der Waals surface area contributed by atoms with Crippen molar-refractivity contribution in [3.63, 3.8) is 0 Å². The van der Waals surface area contributed by atoms with Crippen molar-refractivity contribution in [2.75, 3.05) is 13.1 Å². The topological polar surface area (TPSA) is 50.5 Å². The molecule has 3 rings (SSSR count). The zero-order valence-electron chi connectivity index (χ0n) is 10.7. The van der Waals surface area contributed by atoms with Gasteiger partial charge in [0.25, 0.3) is 0 Å². The Kier molecular flexibility index (Phi) is 3.84. The van der Waals surface area contributed by atoms with Gasteiger partial charge in [-0.2, -0.15) is 4.99 Å². The smallest absolute Gasteiger partial charge is 0.323 e. The number of pyridine rings is 1. The number of urea groups is 1. The van der Waals surface area contributed by atoms with E-state index in [4.69, 9.17) is 11.6 Å². The number of likely N-dealkylation sites (tertiary alicyclic amines) is 1. The van der Waals surface area contributed by atoms with Gasteiger partial charge in [0.2, 0.25) is 0 Å². The Balaban J connectivity index is 1.98. The second-order valence-electron chi connectivity index (χ2n) is 4.45. The van der Waals surface area contributed by atoms with Crippen LogP contribution in [0.2, 0.25) is 5.02 Å². The molecule has 0 aromatic carbocycles. The van der Waals surface area contributed by atoms with Crippen LogP contribution in [-0.4, -0.2) is 33.6 Å². The number of carbonyl (C=O) groups excluding carboxylic acids is 1. The lowest BCUT2D eigenvalue weighted by Gasteiger charge is -2.10. The molecule has 2 amide bonds. The normalized spacial score (nSPS) is 15.8. The van der Waals surface area contributed by atoms with E-state index in [0.717, 1.165) is 25.9 Å². The van der Waals surface area contributed by atoms with Crippen LogP contribution >= 0.6 is 22.9 Å². The number of nitrogens with zero attached hydrogens (tertiary/aromatic N) is 4. The van der Waals surface area contributed by atoms with E-state index in [-0.39, 0.29) is 6.03 Å². The number of rotatable bonds is 1. The van der Waals surface area contributed by atoms with Crippen molar-refractivity contribution < 1.29 is 4.79 Å². The van der Waals surface area contributed by atoms with Crippen LogP contribution < -0.4 is 4.80 Å². The number of amides is 2. The molecule has 2 aromatic rings. The Labute approximate surface area is 125 Å². The van der Waals surface area contributed by atoms with E-state index in [1.165, 1.54) is 11.3 Å². The van der Waals surface area contributed by atoms with Gasteiger partial charge in [0, 0.05) is 30.9 Å². The van der Waals surface area contributed by atoms with Gasteiger partial charge in [0.15, 0.2) is 10.6 Å². The second-order valence-corrected chi connectivity index (χ2v) is 5.73. The van der Waals surface area contributed by atoms with Gasteiger partial charge < -0.3 is 4.90 Å². The highest BCUT2D eigenvalue weighted by molar-refractivity contribution is 7.07. The molecule has 0 spiro atoms. The van der Waals surface area contributed by atoms with Crippen molar-refractivity contribution in [2.24, 2.45) is 4.99 Å². The molecule has 7 heteroatoms. The lowest BCUT2D eigenvalue weighted by molar-refractivity contribution is 0.218. The summed E-state index contributed by atoms with van der Waals surface area (Å²) in [5.41, 5.74) is 0. The molecular formula is C13H13ClN4OS. The van der Waals surface area contributed by atoms with Crippen LogP contribution in [0.4, 0.5) is 4.79 Å². The van der Waals surface area contributed by atoms with Crippen LogP contribution in [0.5, 0.6) is 0 Å². The van der Waals surface area contributed by atoms with Gasteiger partial charge in [-0.15, -0.1) is 11.3 Å². The predicted octanol–water partition coefficient (Wildman–Crippen LogP) is 2.70. The number of hydrogen-bond acceptors (Lipinski definition) is 3. The highest BCUT2D eigenvalue weighted by atomic mass is 35.5.